The molecule has 5 heteroatoms. The molecule has 0 aliphatic heterocycles. The molecule has 9 heavy (non-hydrogen) atoms. The van der Waals surface area contributed by atoms with Crippen LogP contribution >= 0.6 is 0 Å². The van der Waals surface area contributed by atoms with Crippen molar-refractivity contribution in [3.63, 3.8) is 0 Å². The van der Waals surface area contributed by atoms with Gasteiger partial charge >= 0.3 is 5.97 Å². The highest BCUT2D eigenvalue weighted by atomic mass is 16.4. The number of hydrogen-bond donors (Lipinski definition) is 3. The van der Waals surface area contributed by atoms with Crippen LogP contribution in [0.15, 0.2) is 5.16 Å². The van der Waals surface area contributed by atoms with Crippen LogP contribution in [0.25, 0.3) is 0 Å². The molecule has 0 unspecified atom stereocenters. The summed E-state index contributed by atoms with van der Waals surface area (Å²) in [5.41, 5.74) is -0.903. The van der Waals surface area contributed by atoms with E-state index in [1.54, 1.807) is 0 Å². The summed E-state index contributed by atoms with van der Waals surface area (Å²) in [5, 5.41) is 25.1. The molecule has 0 spiro atoms. The Hall–Kier alpha value is -1.39. The molecule has 0 fully saturated rings. The summed E-state index contributed by atoms with van der Waals surface area (Å²) in [5.74, 6) is -1.40. The van der Waals surface area contributed by atoms with Crippen LogP contribution in [0.3, 0.4) is 0 Å². The van der Waals surface area contributed by atoms with E-state index in [1.807, 2.05) is 0 Å². The predicted molar refractivity (Wildman–Crippen MR) is 30.3 cm³/mol. The van der Waals surface area contributed by atoms with E-state index in [2.05, 4.69) is 5.16 Å². The molecule has 0 saturated carbocycles. The van der Waals surface area contributed by atoms with Crippen LogP contribution < -0.4 is 0 Å². The third-order valence-corrected chi connectivity index (χ3v) is 0.658. The van der Waals surface area contributed by atoms with Gasteiger partial charge in [-0.1, -0.05) is 5.16 Å². The first-order valence-corrected chi connectivity index (χ1v) is 2.10. The second-order valence-electron chi connectivity index (χ2n) is 1.38. The van der Waals surface area contributed by atoms with Crippen LogP contribution in [0, 0.1) is 5.41 Å². The summed E-state index contributed by atoms with van der Waals surface area (Å²) in [6.07, 6.45) is 0. The van der Waals surface area contributed by atoms with Crippen molar-refractivity contribution in [2.24, 2.45) is 5.16 Å². The molecular formula is C4H6N2O3. The summed E-state index contributed by atoms with van der Waals surface area (Å²) in [7, 11) is 0. The average molecular weight is 130 g/mol. The molecule has 0 heterocycles. The molecule has 5 nitrogen and oxygen atoms in total. The molecular weight excluding hydrogens is 124 g/mol. The van der Waals surface area contributed by atoms with Gasteiger partial charge in [0.1, 0.15) is 0 Å². The zero-order valence-electron chi connectivity index (χ0n) is 4.75. The lowest BCUT2D eigenvalue weighted by Gasteiger charge is -1.90. The highest BCUT2D eigenvalue weighted by molar-refractivity contribution is 6.64. The lowest BCUT2D eigenvalue weighted by molar-refractivity contribution is -0.129. The minimum absolute atomic E-state index is 0.273. The molecule has 0 aliphatic rings. The van der Waals surface area contributed by atoms with Gasteiger partial charge in [0.25, 0.3) is 0 Å². The molecule has 0 aromatic heterocycles. The van der Waals surface area contributed by atoms with Crippen LogP contribution in [0.5, 0.6) is 0 Å². The maximum absolute atomic E-state index is 9.94. The van der Waals surface area contributed by atoms with Gasteiger partial charge in [0.15, 0.2) is 0 Å². The van der Waals surface area contributed by atoms with Gasteiger partial charge in [0.05, 0.1) is 5.71 Å². The fraction of sp³-hybridized carbons (Fsp3) is 0.250. The molecule has 0 aliphatic carbocycles. The van der Waals surface area contributed by atoms with Gasteiger partial charge in [0.2, 0.25) is 5.71 Å². The molecule has 0 aromatic carbocycles. The smallest absolute Gasteiger partial charge is 0.359 e. The van der Waals surface area contributed by atoms with Gasteiger partial charge < -0.3 is 15.7 Å². The van der Waals surface area contributed by atoms with Gasteiger partial charge in [-0.25, -0.2) is 4.79 Å². The van der Waals surface area contributed by atoms with Gasteiger partial charge in [-0.05, 0) is 6.92 Å². The van der Waals surface area contributed by atoms with E-state index < -0.39 is 11.7 Å². The topological polar surface area (TPSA) is 93.7 Å². The average Bonchev–Trinajstić information content (AvgIpc) is 1.64. The van der Waals surface area contributed by atoms with Crippen LogP contribution in [0.4, 0.5) is 0 Å². The summed E-state index contributed by atoms with van der Waals surface area (Å²) in [6.45, 7) is 1.23. The van der Waals surface area contributed by atoms with Crippen LogP contribution in [0.2, 0.25) is 0 Å². The molecule has 0 radical (unpaired) electrons. The lowest BCUT2D eigenvalue weighted by atomic mass is 10.3. The molecule has 3 N–H and O–H groups in total. The summed E-state index contributed by atoms with van der Waals surface area (Å²) in [4.78, 5) is 9.94. The van der Waals surface area contributed by atoms with E-state index in [9.17, 15) is 4.79 Å². The normalized spacial score (nSPS) is 11.0. The van der Waals surface area contributed by atoms with Crippen molar-refractivity contribution in [3.8, 4) is 0 Å². The van der Waals surface area contributed by atoms with Gasteiger partial charge in [-0.15, -0.1) is 0 Å². The minimum Gasteiger partial charge on any atom is -0.476 e. The molecule has 0 aromatic rings. The fourth-order valence-electron chi connectivity index (χ4n) is 0.278. The molecule has 0 amide bonds. The Balaban J connectivity index is 4.38. The third-order valence-electron chi connectivity index (χ3n) is 0.658. The fourth-order valence-corrected chi connectivity index (χ4v) is 0.278. The van der Waals surface area contributed by atoms with Crippen molar-refractivity contribution in [2.45, 2.75) is 6.92 Å². The highest BCUT2D eigenvalue weighted by Gasteiger charge is 2.10. The Bertz CT molecular complexity index is 157. The Morgan fingerprint density at radius 3 is 2.11 bits per heavy atom. The van der Waals surface area contributed by atoms with Crippen molar-refractivity contribution in [1.29, 1.82) is 5.41 Å². The number of oxime groups is 1. The van der Waals surface area contributed by atoms with Gasteiger partial charge in [-0.3, -0.25) is 0 Å². The Morgan fingerprint density at radius 1 is 1.67 bits per heavy atom. The second kappa shape index (κ2) is 2.81. The third kappa shape index (κ3) is 1.89. The zero-order chi connectivity index (χ0) is 7.44. The van der Waals surface area contributed by atoms with Gasteiger partial charge in [0, 0.05) is 0 Å². The second-order valence-corrected chi connectivity index (χ2v) is 1.38. The first-order chi connectivity index (χ1) is 4.09. The van der Waals surface area contributed by atoms with E-state index in [0.717, 1.165) is 0 Å². The van der Waals surface area contributed by atoms with Crippen molar-refractivity contribution < 1.29 is 15.1 Å². The number of rotatable bonds is 2. The molecule has 0 saturated heterocycles. The maximum Gasteiger partial charge on any atom is 0.359 e. The zero-order valence-corrected chi connectivity index (χ0v) is 4.75. The summed E-state index contributed by atoms with van der Waals surface area (Å²) in [6, 6.07) is 0. The number of hydrogen-bond acceptors (Lipinski definition) is 4. The van der Waals surface area contributed by atoms with E-state index >= 15 is 0 Å². The predicted octanol–water partition coefficient (Wildman–Crippen LogP) is -0.0591. The standard InChI is InChI=1S/C4H6N2O3/c1-2(5)3(6-9)4(7)8/h5,9H,1H3,(H,7,8). The van der Waals surface area contributed by atoms with Crippen molar-refractivity contribution in [1.82, 2.24) is 0 Å². The van der Waals surface area contributed by atoms with Crippen LogP contribution in [0.1, 0.15) is 6.92 Å². The highest BCUT2D eigenvalue weighted by Crippen LogP contribution is 1.79. The van der Waals surface area contributed by atoms with Crippen molar-refractivity contribution in [3.05, 3.63) is 0 Å². The maximum atomic E-state index is 9.94. The lowest BCUT2D eigenvalue weighted by Crippen LogP contribution is -2.20. The van der Waals surface area contributed by atoms with Crippen molar-refractivity contribution >= 4 is 17.4 Å². The molecule has 0 atom stereocenters. The van der Waals surface area contributed by atoms with Crippen LogP contribution in [-0.2, 0) is 4.79 Å². The van der Waals surface area contributed by atoms with E-state index in [0.29, 0.717) is 0 Å². The largest absolute Gasteiger partial charge is 0.476 e. The molecule has 50 valence electrons. The number of carbonyl (C=O) groups is 1. The quantitative estimate of drug-likeness (QED) is 0.277. The van der Waals surface area contributed by atoms with E-state index in [1.165, 1.54) is 6.92 Å². The number of nitrogens with zero attached hydrogens (tertiary/aromatic N) is 1. The number of aliphatic carboxylic acids is 1. The molecule has 0 rings (SSSR count). The summed E-state index contributed by atoms with van der Waals surface area (Å²) < 4.78 is 0. The molecule has 0 bridgehead atoms. The first kappa shape index (κ1) is 7.61. The SMILES string of the molecule is CC(=N)C(=NO)C(=O)O. The Kier molecular flexibility index (Phi) is 2.37. The summed E-state index contributed by atoms with van der Waals surface area (Å²) >= 11 is 0. The number of nitrogens with one attached hydrogen (secondary N) is 1. The number of carboxylic acids is 1. The van der Waals surface area contributed by atoms with E-state index in [4.69, 9.17) is 15.7 Å². The van der Waals surface area contributed by atoms with E-state index in [-0.39, 0.29) is 5.71 Å². The van der Waals surface area contributed by atoms with Gasteiger partial charge in [-0.2, -0.15) is 0 Å². The first-order valence-electron chi connectivity index (χ1n) is 2.10. The van der Waals surface area contributed by atoms with Crippen LogP contribution in [-0.4, -0.2) is 27.7 Å². The van der Waals surface area contributed by atoms with Crippen molar-refractivity contribution in [2.75, 3.05) is 0 Å². The monoisotopic (exact) mass is 130 g/mol. The minimum atomic E-state index is -1.40. The number of carboxylic acid groups (broad SMARTS) is 1. The Morgan fingerprint density at radius 2 is 2.11 bits per heavy atom. The Labute approximate surface area is 51.1 Å².